The number of methoxy groups -OCH3 is 2. The van der Waals surface area contributed by atoms with Crippen molar-refractivity contribution in [2.45, 2.75) is 4.90 Å². The first-order chi connectivity index (χ1) is 12.9. The number of rotatable bonds is 5. The summed E-state index contributed by atoms with van der Waals surface area (Å²) in [6.45, 7) is 0. The van der Waals surface area contributed by atoms with Crippen molar-refractivity contribution in [1.82, 2.24) is 10.3 Å². The monoisotopic (exact) mass is 391 g/mol. The molecule has 0 saturated carbocycles. The molecule has 140 valence electrons. The van der Waals surface area contributed by atoms with Crippen molar-refractivity contribution in [2.24, 2.45) is 0 Å². The fraction of sp³-hybridized carbons (Fsp3) is 0.125. The molecule has 1 heterocycles. The predicted octanol–water partition coefficient (Wildman–Crippen LogP) is 1.60. The van der Waals surface area contributed by atoms with Gasteiger partial charge in [-0.25, -0.2) is 22.6 Å². The molecule has 27 heavy (non-hydrogen) atoms. The van der Waals surface area contributed by atoms with Crippen molar-refractivity contribution >= 4 is 38.7 Å². The van der Waals surface area contributed by atoms with E-state index in [1.54, 1.807) is 0 Å². The molecular formula is C16H13N3O7S. The highest BCUT2D eigenvalue weighted by atomic mass is 32.2. The first kappa shape index (κ1) is 18.3. The number of aromatic nitrogens is 2. The van der Waals surface area contributed by atoms with Crippen LogP contribution in [-0.4, -0.2) is 44.9 Å². The maximum Gasteiger partial charge on any atom is 0.339 e. The van der Waals surface area contributed by atoms with Crippen LogP contribution < -0.4 is 4.72 Å². The van der Waals surface area contributed by atoms with Crippen molar-refractivity contribution in [2.75, 3.05) is 18.9 Å². The van der Waals surface area contributed by atoms with E-state index in [4.69, 9.17) is 0 Å². The average Bonchev–Trinajstić information content (AvgIpc) is 3.15. The molecule has 2 aromatic carbocycles. The van der Waals surface area contributed by atoms with Gasteiger partial charge in [0.2, 0.25) is 0 Å². The zero-order chi connectivity index (χ0) is 19.6. The normalized spacial score (nSPS) is 11.2. The fourth-order valence-electron chi connectivity index (χ4n) is 2.36. The van der Waals surface area contributed by atoms with Crippen LogP contribution in [0.15, 0.2) is 45.9 Å². The summed E-state index contributed by atoms with van der Waals surface area (Å²) in [4.78, 5) is 23.5. The molecule has 10 nitrogen and oxygen atoms in total. The zero-order valence-electron chi connectivity index (χ0n) is 14.1. The van der Waals surface area contributed by atoms with Crippen molar-refractivity contribution in [1.29, 1.82) is 0 Å². The van der Waals surface area contributed by atoms with Gasteiger partial charge in [0.1, 0.15) is 10.4 Å². The number of sulfonamides is 1. The van der Waals surface area contributed by atoms with Gasteiger partial charge in [-0.1, -0.05) is 6.07 Å². The Labute approximate surface area is 153 Å². The van der Waals surface area contributed by atoms with E-state index >= 15 is 0 Å². The molecule has 0 aliphatic heterocycles. The van der Waals surface area contributed by atoms with Gasteiger partial charge in [-0.05, 0) is 40.6 Å². The molecule has 0 aliphatic carbocycles. The van der Waals surface area contributed by atoms with Crippen molar-refractivity contribution in [3.05, 3.63) is 47.5 Å². The van der Waals surface area contributed by atoms with Gasteiger partial charge < -0.3 is 9.47 Å². The highest BCUT2D eigenvalue weighted by Gasteiger charge is 2.24. The van der Waals surface area contributed by atoms with Gasteiger partial charge in [-0.3, -0.25) is 4.72 Å². The van der Waals surface area contributed by atoms with Crippen LogP contribution in [0.25, 0.3) is 11.0 Å². The maximum atomic E-state index is 12.8. The molecule has 0 saturated heterocycles. The predicted molar refractivity (Wildman–Crippen MR) is 91.7 cm³/mol. The average molecular weight is 391 g/mol. The van der Waals surface area contributed by atoms with Crippen LogP contribution in [0.3, 0.4) is 0 Å². The number of nitrogens with one attached hydrogen (secondary N) is 1. The number of esters is 2. The van der Waals surface area contributed by atoms with Crippen molar-refractivity contribution < 1.29 is 32.1 Å². The SMILES string of the molecule is COC(=O)c1ccc(C(=O)OC)c(NS(=O)(=O)c2cccc3nonc23)c1. The molecule has 1 aromatic heterocycles. The number of anilines is 1. The zero-order valence-corrected chi connectivity index (χ0v) is 14.9. The summed E-state index contributed by atoms with van der Waals surface area (Å²) in [6, 6.07) is 8.05. The van der Waals surface area contributed by atoms with Gasteiger partial charge in [-0.15, -0.1) is 0 Å². The number of nitrogens with zero attached hydrogens (tertiary/aromatic N) is 2. The van der Waals surface area contributed by atoms with Gasteiger partial charge in [-0.2, -0.15) is 0 Å². The van der Waals surface area contributed by atoms with E-state index in [-0.39, 0.29) is 32.7 Å². The van der Waals surface area contributed by atoms with Gasteiger partial charge >= 0.3 is 11.9 Å². The Morgan fingerprint density at radius 1 is 1.04 bits per heavy atom. The van der Waals surface area contributed by atoms with E-state index in [0.29, 0.717) is 0 Å². The highest BCUT2D eigenvalue weighted by Crippen LogP contribution is 2.26. The summed E-state index contributed by atoms with van der Waals surface area (Å²) in [5.41, 5.74) is 0.0738. The molecule has 1 N–H and O–H groups in total. The summed E-state index contributed by atoms with van der Waals surface area (Å²) in [6.07, 6.45) is 0. The second-order valence-electron chi connectivity index (χ2n) is 5.24. The third kappa shape index (κ3) is 3.44. The minimum Gasteiger partial charge on any atom is -0.465 e. The number of hydrogen-bond acceptors (Lipinski definition) is 9. The number of carbonyl (C=O) groups excluding carboxylic acids is 2. The number of ether oxygens (including phenoxy) is 2. The van der Waals surface area contributed by atoms with Crippen LogP contribution in [0.5, 0.6) is 0 Å². The molecule has 0 unspecified atom stereocenters. The summed E-state index contributed by atoms with van der Waals surface area (Å²) in [5.74, 6) is -1.49. The minimum atomic E-state index is -4.20. The summed E-state index contributed by atoms with van der Waals surface area (Å²) >= 11 is 0. The standard InChI is InChI=1S/C16H13N3O7S/c1-24-15(20)9-6-7-10(16(21)25-2)12(8-9)19-27(22,23)13-5-3-4-11-14(13)18-26-17-11/h3-8,19H,1-2H3. The lowest BCUT2D eigenvalue weighted by Crippen LogP contribution is -2.17. The minimum absolute atomic E-state index is 0.0220. The first-order valence-electron chi connectivity index (χ1n) is 7.42. The number of carbonyl (C=O) groups is 2. The topological polar surface area (TPSA) is 138 Å². The summed E-state index contributed by atoms with van der Waals surface area (Å²) in [5, 5.41) is 7.18. The third-order valence-electron chi connectivity index (χ3n) is 3.63. The smallest absolute Gasteiger partial charge is 0.339 e. The molecule has 0 atom stereocenters. The first-order valence-corrected chi connectivity index (χ1v) is 8.90. The van der Waals surface area contributed by atoms with E-state index < -0.39 is 22.0 Å². The molecule has 0 aliphatic rings. The van der Waals surface area contributed by atoms with Crippen LogP contribution in [0, 0.1) is 0 Å². The van der Waals surface area contributed by atoms with E-state index in [1.807, 2.05) is 0 Å². The van der Waals surface area contributed by atoms with Gasteiger partial charge in [0.25, 0.3) is 10.0 Å². The number of hydrogen-bond donors (Lipinski definition) is 1. The Morgan fingerprint density at radius 3 is 2.48 bits per heavy atom. The summed E-state index contributed by atoms with van der Waals surface area (Å²) in [7, 11) is -1.87. The van der Waals surface area contributed by atoms with Gasteiger partial charge in [0.15, 0.2) is 5.52 Å². The Hall–Kier alpha value is -3.47. The van der Waals surface area contributed by atoms with Crippen molar-refractivity contribution in [3.63, 3.8) is 0 Å². The Kier molecular flexibility index (Phi) is 4.77. The molecule has 11 heteroatoms. The quantitative estimate of drug-likeness (QED) is 0.643. The highest BCUT2D eigenvalue weighted by molar-refractivity contribution is 7.93. The van der Waals surface area contributed by atoms with Gasteiger partial charge in [0, 0.05) is 0 Å². The lowest BCUT2D eigenvalue weighted by molar-refractivity contribution is 0.0587. The second kappa shape index (κ2) is 7.03. The van der Waals surface area contributed by atoms with Gasteiger partial charge in [0.05, 0.1) is 31.0 Å². The molecular weight excluding hydrogens is 378 g/mol. The fourth-order valence-corrected chi connectivity index (χ4v) is 3.58. The lowest BCUT2D eigenvalue weighted by atomic mass is 10.1. The molecule has 0 bridgehead atoms. The van der Waals surface area contributed by atoms with Crippen LogP contribution in [0.1, 0.15) is 20.7 Å². The van der Waals surface area contributed by atoms with Crippen molar-refractivity contribution in [3.8, 4) is 0 Å². The Morgan fingerprint density at radius 2 is 1.78 bits per heavy atom. The molecule has 0 spiro atoms. The Bertz CT molecular complexity index is 1140. The second-order valence-corrected chi connectivity index (χ2v) is 6.89. The molecule has 0 fully saturated rings. The third-order valence-corrected chi connectivity index (χ3v) is 5.03. The molecule has 3 rings (SSSR count). The number of fused-ring (bicyclic) bond motifs is 1. The molecule has 3 aromatic rings. The Balaban J connectivity index is 2.11. The largest absolute Gasteiger partial charge is 0.465 e. The van der Waals surface area contributed by atoms with Crippen LogP contribution >= 0.6 is 0 Å². The van der Waals surface area contributed by atoms with Crippen LogP contribution in [-0.2, 0) is 19.5 Å². The molecule has 0 radical (unpaired) electrons. The number of benzene rings is 2. The summed E-state index contributed by atoms with van der Waals surface area (Å²) < 4.78 is 41.8. The van der Waals surface area contributed by atoms with E-state index in [1.165, 1.54) is 43.5 Å². The van der Waals surface area contributed by atoms with E-state index in [9.17, 15) is 18.0 Å². The van der Waals surface area contributed by atoms with E-state index in [2.05, 4.69) is 29.1 Å². The van der Waals surface area contributed by atoms with E-state index in [0.717, 1.165) is 7.11 Å². The lowest BCUT2D eigenvalue weighted by Gasteiger charge is -2.13. The maximum absolute atomic E-state index is 12.8. The van der Waals surface area contributed by atoms with Crippen LogP contribution in [0.4, 0.5) is 5.69 Å². The van der Waals surface area contributed by atoms with Crippen LogP contribution in [0.2, 0.25) is 0 Å². The molecule has 0 amide bonds.